The number of hydrogen-bond acceptors (Lipinski definition) is 0. The van der Waals surface area contributed by atoms with Gasteiger partial charge in [0.2, 0.25) is 0 Å². The van der Waals surface area contributed by atoms with Gasteiger partial charge in [0, 0.05) is 0 Å². The molecule has 0 aliphatic heterocycles. The standard InChI is InChI=1S/C11H17/c1-3-5-7-9-11-10-8-6-4-2/h3-5,7,9H,1-2,6,8,10-11H2. The van der Waals surface area contributed by atoms with Gasteiger partial charge in [0.15, 0.2) is 0 Å². The quantitative estimate of drug-likeness (QED) is 0.307. The molecule has 0 aromatic heterocycles. The number of unbranched alkanes of at least 4 members (excludes halogenated alkanes) is 3. The van der Waals surface area contributed by atoms with E-state index in [-0.39, 0.29) is 0 Å². The summed E-state index contributed by atoms with van der Waals surface area (Å²) in [5, 5.41) is 0. The Labute approximate surface area is 70.3 Å². The normalized spacial score (nSPS) is 11.4. The van der Waals surface area contributed by atoms with Crippen LogP contribution in [-0.2, 0) is 0 Å². The van der Waals surface area contributed by atoms with Crippen LogP contribution in [0, 0.1) is 6.92 Å². The van der Waals surface area contributed by atoms with Crippen molar-refractivity contribution in [3.8, 4) is 0 Å². The van der Waals surface area contributed by atoms with Gasteiger partial charge in [-0.15, -0.1) is 6.58 Å². The maximum Gasteiger partial charge on any atom is -0.0313 e. The molecule has 0 saturated carbocycles. The average molecular weight is 149 g/mol. The molecule has 0 heterocycles. The maximum atomic E-state index is 3.67. The molecule has 0 N–H and O–H groups in total. The topological polar surface area (TPSA) is 0 Å². The highest BCUT2D eigenvalue weighted by Crippen LogP contribution is 2.00. The van der Waals surface area contributed by atoms with Crippen LogP contribution in [0.15, 0.2) is 37.0 Å². The van der Waals surface area contributed by atoms with Crippen LogP contribution in [0.4, 0.5) is 0 Å². The first-order chi connectivity index (χ1) is 5.41. The lowest BCUT2D eigenvalue weighted by atomic mass is 10.2. The van der Waals surface area contributed by atoms with Crippen molar-refractivity contribution < 1.29 is 0 Å². The van der Waals surface area contributed by atoms with Crippen molar-refractivity contribution in [3.05, 3.63) is 43.9 Å². The van der Waals surface area contributed by atoms with E-state index in [0.717, 1.165) is 12.8 Å². The molecule has 0 heteroatoms. The fourth-order valence-corrected chi connectivity index (χ4v) is 0.804. The van der Waals surface area contributed by atoms with Gasteiger partial charge in [-0.2, -0.15) is 0 Å². The molecule has 0 fully saturated rings. The third-order valence-corrected chi connectivity index (χ3v) is 1.41. The van der Waals surface area contributed by atoms with Gasteiger partial charge in [0.05, 0.1) is 0 Å². The molecule has 0 aromatic carbocycles. The van der Waals surface area contributed by atoms with Crippen molar-refractivity contribution in [3.63, 3.8) is 0 Å². The summed E-state index contributed by atoms with van der Waals surface area (Å²) in [4.78, 5) is 0. The maximum absolute atomic E-state index is 3.67. The van der Waals surface area contributed by atoms with Gasteiger partial charge in [0.25, 0.3) is 0 Å². The van der Waals surface area contributed by atoms with Crippen molar-refractivity contribution in [2.45, 2.75) is 25.7 Å². The summed E-state index contributed by atoms with van der Waals surface area (Å²) in [7, 11) is 0. The molecule has 0 saturated heterocycles. The first kappa shape index (κ1) is 10.2. The van der Waals surface area contributed by atoms with Crippen molar-refractivity contribution in [1.29, 1.82) is 0 Å². The van der Waals surface area contributed by atoms with Gasteiger partial charge in [-0.3, -0.25) is 0 Å². The van der Waals surface area contributed by atoms with E-state index < -0.39 is 0 Å². The Morgan fingerprint density at radius 1 is 1.00 bits per heavy atom. The molecular weight excluding hydrogens is 132 g/mol. The molecule has 0 rings (SSSR count). The summed E-state index contributed by atoms with van der Waals surface area (Å²) < 4.78 is 0. The zero-order valence-corrected chi connectivity index (χ0v) is 7.13. The van der Waals surface area contributed by atoms with Gasteiger partial charge in [-0.05, 0) is 32.6 Å². The van der Waals surface area contributed by atoms with Crippen molar-refractivity contribution in [2.24, 2.45) is 0 Å². The second-order valence-corrected chi connectivity index (χ2v) is 2.43. The summed E-state index contributed by atoms with van der Waals surface area (Å²) in [6.45, 7) is 7.26. The molecule has 0 atom stereocenters. The largest absolute Gasteiger partial charge is 0.103 e. The first-order valence-electron chi connectivity index (χ1n) is 4.13. The van der Waals surface area contributed by atoms with Crippen LogP contribution in [0.25, 0.3) is 0 Å². The predicted octanol–water partition coefficient (Wildman–Crippen LogP) is 3.68. The van der Waals surface area contributed by atoms with E-state index in [1.807, 2.05) is 18.2 Å². The lowest BCUT2D eigenvalue weighted by Crippen LogP contribution is -1.70. The second-order valence-electron chi connectivity index (χ2n) is 2.43. The zero-order valence-electron chi connectivity index (χ0n) is 7.13. The lowest BCUT2D eigenvalue weighted by Gasteiger charge is -1.90. The third kappa shape index (κ3) is 9.22. The molecule has 0 unspecified atom stereocenters. The molecule has 0 nitrogen and oxygen atoms in total. The van der Waals surface area contributed by atoms with E-state index in [2.05, 4.69) is 19.6 Å². The smallest absolute Gasteiger partial charge is 0.0313 e. The lowest BCUT2D eigenvalue weighted by molar-refractivity contribution is 0.763. The molecular formula is C11H17. The Morgan fingerprint density at radius 3 is 2.36 bits per heavy atom. The molecule has 11 heavy (non-hydrogen) atoms. The Hall–Kier alpha value is -0.780. The minimum atomic E-state index is 1.14. The summed E-state index contributed by atoms with van der Waals surface area (Å²) in [6.07, 6.45) is 14.7. The van der Waals surface area contributed by atoms with Crippen molar-refractivity contribution in [1.82, 2.24) is 0 Å². The SMILES string of the molecule is [CH2]C=CC=CCCCCC=C. The van der Waals surface area contributed by atoms with Crippen LogP contribution in [0.5, 0.6) is 0 Å². The van der Waals surface area contributed by atoms with E-state index in [4.69, 9.17) is 0 Å². The van der Waals surface area contributed by atoms with E-state index in [0.29, 0.717) is 0 Å². The van der Waals surface area contributed by atoms with Crippen molar-refractivity contribution >= 4 is 0 Å². The number of allylic oxidation sites excluding steroid dienone is 5. The Bertz CT molecular complexity index is 129. The highest BCUT2D eigenvalue weighted by atomic mass is 13.9. The van der Waals surface area contributed by atoms with Crippen LogP contribution in [0.1, 0.15) is 25.7 Å². The summed E-state index contributed by atoms with van der Waals surface area (Å²) in [6, 6.07) is 0. The summed E-state index contributed by atoms with van der Waals surface area (Å²) in [5.74, 6) is 0. The molecule has 61 valence electrons. The Balaban J connectivity index is 3.06. The monoisotopic (exact) mass is 149 g/mol. The van der Waals surface area contributed by atoms with Gasteiger partial charge in [-0.25, -0.2) is 0 Å². The average Bonchev–Trinajstić information content (AvgIpc) is 2.03. The summed E-state index contributed by atoms with van der Waals surface area (Å²) >= 11 is 0. The molecule has 0 bridgehead atoms. The van der Waals surface area contributed by atoms with E-state index in [1.165, 1.54) is 12.8 Å². The molecule has 0 amide bonds. The fourth-order valence-electron chi connectivity index (χ4n) is 0.804. The van der Waals surface area contributed by atoms with Crippen LogP contribution in [0.3, 0.4) is 0 Å². The van der Waals surface area contributed by atoms with E-state index in [9.17, 15) is 0 Å². The van der Waals surface area contributed by atoms with Gasteiger partial charge in [0.1, 0.15) is 0 Å². The van der Waals surface area contributed by atoms with Gasteiger partial charge < -0.3 is 0 Å². The Morgan fingerprint density at radius 2 is 1.73 bits per heavy atom. The number of rotatable bonds is 6. The van der Waals surface area contributed by atoms with Crippen LogP contribution in [-0.4, -0.2) is 0 Å². The highest BCUT2D eigenvalue weighted by Gasteiger charge is 1.80. The van der Waals surface area contributed by atoms with Gasteiger partial charge in [-0.1, -0.05) is 30.4 Å². The molecule has 0 aromatic rings. The highest BCUT2D eigenvalue weighted by molar-refractivity contribution is 5.03. The third-order valence-electron chi connectivity index (χ3n) is 1.41. The molecule has 0 aliphatic carbocycles. The summed E-state index contributed by atoms with van der Waals surface area (Å²) in [5.41, 5.74) is 0. The second kappa shape index (κ2) is 9.22. The molecule has 0 aliphatic rings. The molecule has 0 spiro atoms. The Kier molecular flexibility index (Phi) is 8.57. The molecule has 1 radical (unpaired) electrons. The van der Waals surface area contributed by atoms with Crippen LogP contribution >= 0.6 is 0 Å². The minimum absolute atomic E-state index is 1.14. The van der Waals surface area contributed by atoms with Crippen LogP contribution < -0.4 is 0 Å². The van der Waals surface area contributed by atoms with E-state index >= 15 is 0 Å². The van der Waals surface area contributed by atoms with Gasteiger partial charge >= 0.3 is 0 Å². The number of hydrogen-bond donors (Lipinski definition) is 0. The fraction of sp³-hybridized carbons (Fsp3) is 0.364. The van der Waals surface area contributed by atoms with Crippen LogP contribution in [0.2, 0.25) is 0 Å². The minimum Gasteiger partial charge on any atom is -0.103 e. The first-order valence-corrected chi connectivity index (χ1v) is 4.13. The predicted molar refractivity (Wildman–Crippen MR) is 52.3 cm³/mol. The van der Waals surface area contributed by atoms with Crippen molar-refractivity contribution in [2.75, 3.05) is 0 Å². The van der Waals surface area contributed by atoms with E-state index in [1.54, 1.807) is 6.08 Å². The zero-order chi connectivity index (χ0) is 8.36.